The number of carbonyl (C=O) groups excluding carboxylic acids is 1. The molecule has 0 aromatic carbocycles. The van der Waals surface area contributed by atoms with Crippen LogP contribution in [0.3, 0.4) is 0 Å². The molecule has 7 nitrogen and oxygen atoms in total. The van der Waals surface area contributed by atoms with E-state index >= 15 is 0 Å². The third-order valence-electron chi connectivity index (χ3n) is 3.57. The first-order valence-corrected chi connectivity index (χ1v) is 7.55. The number of carbonyl (C=O) groups is 1. The van der Waals surface area contributed by atoms with Gasteiger partial charge in [0.15, 0.2) is 5.82 Å². The Bertz CT molecular complexity index is 1010. The van der Waals surface area contributed by atoms with Crippen molar-refractivity contribution in [2.24, 2.45) is 0 Å². The summed E-state index contributed by atoms with van der Waals surface area (Å²) in [4.78, 5) is 28.1. The molecule has 0 saturated heterocycles. The highest BCUT2D eigenvalue weighted by molar-refractivity contribution is 5.90. The topological polar surface area (TPSA) is 81.3 Å². The Balaban J connectivity index is 1.96. The smallest absolute Gasteiger partial charge is 0.291 e. The van der Waals surface area contributed by atoms with E-state index in [0.29, 0.717) is 5.82 Å². The van der Waals surface area contributed by atoms with Crippen LogP contribution in [0.25, 0.3) is 5.52 Å². The first-order chi connectivity index (χ1) is 11.9. The van der Waals surface area contributed by atoms with Gasteiger partial charge in [-0.1, -0.05) is 13.8 Å². The molecule has 3 rings (SSSR count). The van der Waals surface area contributed by atoms with E-state index < -0.39 is 29.6 Å². The van der Waals surface area contributed by atoms with Crippen LogP contribution in [0.4, 0.5) is 14.5 Å². The molecule has 0 aliphatic rings. The average molecular weight is 347 g/mol. The van der Waals surface area contributed by atoms with Crippen LogP contribution in [-0.2, 0) is 11.3 Å². The molecule has 0 atom stereocenters. The summed E-state index contributed by atoms with van der Waals surface area (Å²) in [5, 5.41) is 6.50. The van der Waals surface area contributed by atoms with Crippen molar-refractivity contribution in [2.75, 3.05) is 5.32 Å². The van der Waals surface area contributed by atoms with E-state index in [1.54, 1.807) is 0 Å². The van der Waals surface area contributed by atoms with Crippen molar-refractivity contribution in [1.82, 2.24) is 19.2 Å². The number of pyridine rings is 1. The number of rotatable bonds is 4. The fraction of sp³-hybridized carbons (Fsp3) is 0.250. The molecule has 0 aliphatic carbocycles. The minimum atomic E-state index is -0.692. The van der Waals surface area contributed by atoms with Crippen LogP contribution in [-0.4, -0.2) is 25.1 Å². The monoisotopic (exact) mass is 347 g/mol. The van der Waals surface area contributed by atoms with Crippen molar-refractivity contribution in [3.8, 4) is 0 Å². The molecular weight excluding hydrogens is 332 g/mol. The lowest BCUT2D eigenvalue weighted by atomic mass is 10.2. The summed E-state index contributed by atoms with van der Waals surface area (Å²) in [5.74, 6) is -1.57. The second-order valence-corrected chi connectivity index (χ2v) is 5.79. The average Bonchev–Trinajstić information content (AvgIpc) is 2.94. The van der Waals surface area contributed by atoms with Gasteiger partial charge in [-0.05, 0) is 6.07 Å². The molecule has 0 fully saturated rings. The second-order valence-electron chi connectivity index (χ2n) is 5.79. The minimum absolute atomic E-state index is 0.0491. The van der Waals surface area contributed by atoms with Crippen LogP contribution in [0, 0.1) is 11.6 Å². The van der Waals surface area contributed by atoms with E-state index in [1.807, 2.05) is 13.8 Å². The number of amides is 1. The maximum absolute atomic E-state index is 13.5. The predicted molar refractivity (Wildman–Crippen MR) is 86.3 cm³/mol. The molecule has 1 amide bonds. The first-order valence-electron chi connectivity index (χ1n) is 7.55. The van der Waals surface area contributed by atoms with Gasteiger partial charge in [0.1, 0.15) is 23.7 Å². The summed E-state index contributed by atoms with van der Waals surface area (Å²) < 4.78 is 29.4. The van der Waals surface area contributed by atoms with E-state index in [-0.39, 0.29) is 17.1 Å². The van der Waals surface area contributed by atoms with Crippen LogP contribution >= 0.6 is 0 Å². The van der Waals surface area contributed by atoms with E-state index in [4.69, 9.17) is 0 Å². The van der Waals surface area contributed by atoms with Gasteiger partial charge in [0.25, 0.3) is 5.56 Å². The van der Waals surface area contributed by atoms with Crippen molar-refractivity contribution in [3.05, 3.63) is 58.5 Å². The Morgan fingerprint density at radius 2 is 2.12 bits per heavy atom. The fourth-order valence-corrected chi connectivity index (χ4v) is 2.44. The third kappa shape index (κ3) is 3.25. The third-order valence-corrected chi connectivity index (χ3v) is 3.57. The largest absolute Gasteiger partial charge is 0.322 e. The zero-order valence-corrected chi connectivity index (χ0v) is 13.5. The zero-order valence-electron chi connectivity index (χ0n) is 13.5. The van der Waals surface area contributed by atoms with Crippen molar-refractivity contribution in [1.29, 1.82) is 0 Å². The Morgan fingerprint density at radius 1 is 1.36 bits per heavy atom. The molecule has 0 bridgehead atoms. The van der Waals surface area contributed by atoms with Crippen molar-refractivity contribution in [3.63, 3.8) is 0 Å². The quantitative estimate of drug-likeness (QED) is 0.782. The number of aromatic nitrogens is 4. The highest BCUT2D eigenvalue weighted by Crippen LogP contribution is 2.15. The molecule has 3 heterocycles. The summed E-state index contributed by atoms with van der Waals surface area (Å²) in [5.41, 5.74) is -0.579. The summed E-state index contributed by atoms with van der Waals surface area (Å²) in [6.45, 7) is 3.24. The molecule has 0 aliphatic heterocycles. The molecule has 1 N–H and O–H groups in total. The van der Waals surface area contributed by atoms with Gasteiger partial charge >= 0.3 is 0 Å². The van der Waals surface area contributed by atoms with Crippen LogP contribution < -0.4 is 10.9 Å². The maximum Gasteiger partial charge on any atom is 0.291 e. The zero-order chi connectivity index (χ0) is 18.1. The molecule has 130 valence electrons. The van der Waals surface area contributed by atoms with E-state index in [0.717, 1.165) is 16.9 Å². The van der Waals surface area contributed by atoms with Gasteiger partial charge in [-0.2, -0.15) is 5.10 Å². The standard InChI is InChI=1S/C16H15F2N5O2/c1-9(2)15-21-23(16(25)13-5-10(17)7-22(13)15)8-14(24)20-12-3-4-19-6-11(12)18/h3-7,9H,8H2,1-2H3,(H,19,20,24). The lowest BCUT2D eigenvalue weighted by Crippen LogP contribution is -2.32. The van der Waals surface area contributed by atoms with Gasteiger partial charge in [-0.3, -0.25) is 19.0 Å². The number of fused-ring (bicyclic) bond motifs is 1. The van der Waals surface area contributed by atoms with Crippen molar-refractivity contribution >= 4 is 17.1 Å². The van der Waals surface area contributed by atoms with Crippen LogP contribution in [0.1, 0.15) is 25.6 Å². The Kier molecular flexibility index (Phi) is 4.30. The first kappa shape index (κ1) is 16.7. The summed E-state index contributed by atoms with van der Waals surface area (Å²) in [6, 6.07) is 2.39. The maximum atomic E-state index is 13.5. The molecule has 0 unspecified atom stereocenters. The molecule has 0 saturated carbocycles. The molecule has 0 spiro atoms. The van der Waals surface area contributed by atoms with E-state index in [9.17, 15) is 18.4 Å². The number of nitrogens with one attached hydrogen (secondary N) is 1. The summed E-state index contributed by atoms with van der Waals surface area (Å²) >= 11 is 0. The SMILES string of the molecule is CC(C)c1nn(CC(=O)Nc2ccncc2F)c(=O)c2cc(F)cn12. The summed E-state index contributed by atoms with van der Waals surface area (Å²) in [7, 11) is 0. The molecule has 0 radical (unpaired) electrons. The highest BCUT2D eigenvalue weighted by Gasteiger charge is 2.17. The predicted octanol–water partition coefficient (Wildman–Crippen LogP) is 1.93. The Labute approximate surface area is 140 Å². The second kappa shape index (κ2) is 6.42. The van der Waals surface area contributed by atoms with Gasteiger partial charge in [0.2, 0.25) is 5.91 Å². The number of hydrogen-bond donors (Lipinski definition) is 1. The molecule has 3 aromatic rings. The highest BCUT2D eigenvalue weighted by atomic mass is 19.1. The lowest BCUT2D eigenvalue weighted by Gasteiger charge is -2.12. The van der Waals surface area contributed by atoms with E-state index in [2.05, 4.69) is 15.4 Å². The van der Waals surface area contributed by atoms with Crippen molar-refractivity contribution in [2.45, 2.75) is 26.3 Å². The van der Waals surface area contributed by atoms with E-state index in [1.165, 1.54) is 22.9 Å². The lowest BCUT2D eigenvalue weighted by molar-refractivity contribution is -0.117. The molecule has 3 aromatic heterocycles. The van der Waals surface area contributed by atoms with Gasteiger partial charge in [-0.25, -0.2) is 13.5 Å². The number of anilines is 1. The van der Waals surface area contributed by atoms with Crippen LogP contribution in [0.2, 0.25) is 0 Å². The number of halogens is 2. The molecule has 9 heteroatoms. The minimum Gasteiger partial charge on any atom is -0.322 e. The van der Waals surface area contributed by atoms with Gasteiger partial charge in [0, 0.05) is 24.4 Å². The van der Waals surface area contributed by atoms with Gasteiger partial charge in [0.05, 0.1) is 11.9 Å². The van der Waals surface area contributed by atoms with Gasteiger partial charge in [-0.15, -0.1) is 0 Å². The van der Waals surface area contributed by atoms with Gasteiger partial charge < -0.3 is 5.32 Å². The fourth-order valence-electron chi connectivity index (χ4n) is 2.44. The van der Waals surface area contributed by atoms with Crippen molar-refractivity contribution < 1.29 is 13.6 Å². The normalized spacial score (nSPS) is 11.2. The number of hydrogen-bond acceptors (Lipinski definition) is 4. The Morgan fingerprint density at radius 3 is 2.80 bits per heavy atom. The van der Waals surface area contributed by atoms with Crippen LogP contribution in [0.15, 0.2) is 35.5 Å². The summed E-state index contributed by atoms with van der Waals surface area (Å²) in [6.07, 6.45) is 3.47. The molecular formula is C16H15F2N5O2. The Hall–Kier alpha value is -3.10. The number of nitrogens with zero attached hydrogens (tertiary/aromatic N) is 4. The molecule has 25 heavy (non-hydrogen) atoms. The van der Waals surface area contributed by atoms with Crippen LogP contribution in [0.5, 0.6) is 0 Å².